The molecule has 96 valence electrons. The second-order valence-corrected chi connectivity index (χ2v) is 4.95. The fourth-order valence-electron chi connectivity index (χ4n) is 2.59. The number of β-amino-alcohol motifs (C(OH)–C–C–N with tert-alkyl or cyclic N) is 1. The van der Waals surface area contributed by atoms with Gasteiger partial charge < -0.3 is 14.9 Å². The number of aliphatic hydroxyl groups excluding tert-OH is 1. The number of piperidine rings is 1. The summed E-state index contributed by atoms with van der Waals surface area (Å²) in [6, 6.07) is 0. The summed E-state index contributed by atoms with van der Waals surface area (Å²) in [5.41, 5.74) is 0. The Morgan fingerprint density at radius 2 is 1.69 bits per heavy atom. The van der Waals surface area contributed by atoms with Crippen LogP contribution in [0.5, 0.6) is 0 Å². The molecule has 2 rings (SSSR count). The highest BCUT2D eigenvalue weighted by atomic mass is 16.3. The molecule has 1 N–H and O–H groups in total. The van der Waals surface area contributed by atoms with Crippen LogP contribution in [-0.4, -0.2) is 60.8 Å². The van der Waals surface area contributed by atoms with Crippen LogP contribution in [0.1, 0.15) is 33.1 Å². The number of nitrogens with zero attached hydrogens (tertiary/aromatic N) is 2. The molecule has 0 bridgehead atoms. The number of hydrogen-bond acceptors (Lipinski definition) is 3. The molecule has 2 aliphatic rings. The summed E-state index contributed by atoms with van der Waals surface area (Å²) < 4.78 is 0. The number of likely N-dealkylation sites (tertiary alicyclic amines) is 2. The second-order valence-electron chi connectivity index (χ2n) is 4.95. The molecule has 1 atom stereocenters. The van der Waals surface area contributed by atoms with E-state index in [0.717, 1.165) is 25.4 Å². The minimum atomic E-state index is -0.0544. The third-order valence-corrected chi connectivity index (χ3v) is 3.60. The first-order chi connectivity index (χ1) is 7.74. The molecule has 0 amide bonds. The van der Waals surface area contributed by atoms with Gasteiger partial charge in [0.15, 0.2) is 0 Å². The Morgan fingerprint density at radius 3 is 2.19 bits per heavy atom. The third-order valence-electron chi connectivity index (χ3n) is 3.60. The molecular formula is C13H28N2O. The van der Waals surface area contributed by atoms with Crippen molar-refractivity contribution >= 4 is 0 Å². The Hall–Kier alpha value is -0.120. The van der Waals surface area contributed by atoms with Crippen LogP contribution in [0.25, 0.3) is 0 Å². The molecule has 2 aliphatic heterocycles. The molecule has 0 saturated carbocycles. The van der Waals surface area contributed by atoms with Crippen molar-refractivity contribution in [2.45, 2.75) is 39.2 Å². The molecular weight excluding hydrogens is 200 g/mol. The zero-order chi connectivity index (χ0) is 12.0. The molecule has 2 heterocycles. The number of hydrogen-bond donors (Lipinski definition) is 1. The van der Waals surface area contributed by atoms with Gasteiger partial charge in [-0.3, -0.25) is 0 Å². The maximum Gasteiger partial charge on any atom is 0.0679 e. The van der Waals surface area contributed by atoms with Crippen LogP contribution in [0, 0.1) is 5.92 Å². The molecule has 0 aromatic rings. The summed E-state index contributed by atoms with van der Waals surface area (Å²) in [4.78, 5) is 4.84. The maximum absolute atomic E-state index is 9.42. The normalized spacial score (nSPS) is 28.9. The van der Waals surface area contributed by atoms with Gasteiger partial charge in [-0.25, -0.2) is 0 Å². The van der Waals surface area contributed by atoms with Crippen molar-refractivity contribution in [2.75, 3.05) is 39.8 Å². The Morgan fingerprint density at radius 1 is 1.06 bits per heavy atom. The predicted octanol–water partition coefficient (Wildman–Crippen LogP) is 1.42. The zero-order valence-electron chi connectivity index (χ0n) is 11.2. The van der Waals surface area contributed by atoms with E-state index in [0.29, 0.717) is 0 Å². The Labute approximate surface area is 100 Å². The minimum Gasteiger partial charge on any atom is -0.392 e. The zero-order valence-corrected chi connectivity index (χ0v) is 11.2. The van der Waals surface area contributed by atoms with Gasteiger partial charge in [-0.1, -0.05) is 13.8 Å². The Balaban J connectivity index is 0.000000606. The Bertz CT molecular complexity index is 179. The lowest BCUT2D eigenvalue weighted by molar-refractivity contribution is 0.149. The van der Waals surface area contributed by atoms with E-state index < -0.39 is 0 Å². The summed E-state index contributed by atoms with van der Waals surface area (Å²) in [6.07, 6.45) is 3.60. The van der Waals surface area contributed by atoms with Crippen LogP contribution >= 0.6 is 0 Å². The van der Waals surface area contributed by atoms with Crippen molar-refractivity contribution in [2.24, 2.45) is 5.92 Å². The predicted molar refractivity (Wildman–Crippen MR) is 68.6 cm³/mol. The first-order valence-corrected chi connectivity index (χ1v) is 6.83. The highest BCUT2D eigenvalue weighted by Gasteiger charge is 2.24. The highest BCUT2D eigenvalue weighted by molar-refractivity contribution is 4.79. The van der Waals surface area contributed by atoms with Crippen LogP contribution in [-0.2, 0) is 0 Å². The average molecular weight is 228 g/mol. The molecule has 0 aliphatic carbocycles. The smallest absolute Gasteiger partial charge is 0.0679 e. The van der Waals surface area contributed by atoms with Crippen LogP contribution < -0.4 is 0 Å². The SMILES string of the molecule is CC.CN1CCC(CN2CCC(O)C2)CC1. The van der Waals surface area contributed by atoms with Gasteiger partial charge in [0, 0.05) is 19.6 Å². The lowest BCUT2D eigenvalue weighted by Crippen LogP contribution is -2.36. The standard InChI is InChI=1S/C11H22N2O.C2H6/c1-12-5-2-10(3-6-12)8-13-7-4-11(14)9-13;1-2/h10-11,14H,2-9H2,1H3;1-2H3. The largest absolute Gasteiger partial charge is 0.392 e. The number of rotatable bonds is 2. The van der Waals surface area contributed by atoms with Gasteiger partial charge >= 0.3 is 0 Å². The number of aliphatic hydroxyl groups is 1. The average Bonchev–Trinajstić information content (AvgIpc) is 2.70. The minimum absolute atomic E-state index is 0.0544. The molecule has 3 heteroatoms. The summed E-state index contributed by atoms with van der Waals surface area (Å²) in [5.74, 6) is 0.872. The fourth-order valence-corrected chi connectivity index (χ4v) is 2.59. The van der Waals surface area contributed by atoms with Gasteiger partial charge in [-0.05, 0) is 45.3 Å². The van der Waals surface area contributed by atoms with E-state index in [2.05, 4.69) is 16.8 Å². The van der Waals surface area contributed by atoms with Crippen molar-refractivity contribution in [3.05, 3.63) is 0 Å². The summed E-state index contributed by atoms with van der Waals surface area (Å²) in [6.45, 7) is 9.73. The molecule has 16 heavy (non-hydrogen) atoms. The van der Waals surface area contributed by atoms with E-state index in [-0.39, 0.29) is 6.10 Å². The lowest BCUT2D eigenvalue weighted by atomic mass is 9.97. The van der Waals surface area contributed by atoms with Crippen LogP contribution in [0.3, 0.4) is 0 Å². The first kappa shape index (κ1) is 13.9. The van der Waals surface area contributed by atoms with E-state index in [9.17, 15) is 5.11 Å². The monoisotopic (exact) mass is 228 g/mol. The van der Waals surface area contributed by atoms with E-state index >= 15 is 0 Å². The van der Waals surface area contributed by atoms with Crippen LogP contribution in [0.4, 0.5) is 0 Å². The van der Waals surface area contributed by atoms with E-state index in [1.807, 2.05) is 13.8 Å². The Kier molecular flexibility index (Phi) is 6.32. The molecule has 0 radical (unpaired) electrons. The molecule has 2 fully saturated rings. The van der Waals surface area contributed by atoms with Crippen LogP contribution in [0.15, 0.2) is 0 Å². The molecule has 0 aromatic carbocycles. The lowest BCUT2D eigenvalue weighted by Gasteiger charge is -2.31. The molecule has 3 nitrogen and oxygen atoms in total. The molecule has 0 aromatic heterocycles. The van der Waals surface area contributed by atoms with Crippen molar-refractivity contribution in [1.82, 2.24) is 9.80 Å². The summed E-state index contributed by atoms with van der Waals surface area (Å²) >= 11 is 0. The van der Waals surface area contributed by atoms with Crippen molar-refractivity contribution in [1.29, 1.82) is 0 Å². The van der Waals surface area contributed by atoms with Gasteiger partial charge in [-0.2, -0.15) is 0 Å². The highest BCUT2D eigenvalue weighted by Crippen LogP contribution is 2.19. The van der Waals surface area contributed by atoms with E-state index in [1.165, 1.54) is 32.5 Å². The van der Waals surface area contributed by atoms with Gasteiger partial charge in [0.05, 0.1) is 6.10 Å². The van der Waals surface area contributed by atoms with Gasteiger partial charge in [0.2, 0.25) is 0 Å². The second kappa shape index (κ2) is 7.25. The molecule has 1 unspecified atom stereocenters. The quantitative estimate of drug-likeness (QED) is 0.774. The maximum atomic E-state index is 9.42. The topological polar surface area (TPSA) is 26.7 Å². The third kappa shape index (κ3) is 4.40. The van der Waals surface area contributed by atoms with Gasteiger partial charge in [0.25, 0.3) is 0 Å². The molecule has 0 spiro atoms. The van der Waals surface area contributed by atoms with Gasteiger partial charge in [-0.15, -0.1) is 0 Å². The van der Waals surface area contributed by atoms with E-state index in [1.54, 1.807) is 0 Å². The van der Waals surface area contributed by atoms with Crippen molar-refractivity contribution in [3.63, 3.8) is 0 Å². The van der Waals surface area contributed by atoms with Gasteiger partial charge in [0.1, 0.15) is 0 Å². The van der Waals surface area contributed by atoms with Crippen molar-refractivity contribution < 1.29 is 5.11 Å². The molecule has 2 saturated heterocycles. The van der Waals surface area contributed by atoms with E-state index in [4.69, 9.17) is 0 Å². The summed E-state index contributed by atoms with van der Waals surface area (Å²) in [5, 5.41) is 9.42. The van der Waals surface area contributed by atoms with Crippen LogP contribution in [0.2, 0.25) is 0 Å². The van der Waals surface area contributed by atoms with Crippen molar-refractivity contribution in [3.8, 4) is 0 Å². The summed E-state index contributed by atoms with van der Waals surface area (Å²) in [7, 11) is 2.20. The first-order valence-electron chi connectivity index (χ1n) is 6.83. The fraction of sp³-hybridized carbons (Fsp3) is 1.00.